The Labute approximate surface area is 98.5 Å². The van der Waals surface area contributed by atoms with Crippen LogP contribution in [0, 0.1) is 5.41 Å². The molecule has 2 heterocycles. The Balaban J connectivity index is 2.01. The Kier molecular flexibility index (Phi) is 3.30. The number of hydrogen-bond acceptors (Lipinski definition) is 3. The molecule has 2 rings (SSSR count). The van der Waals surface area contributed by atoms with Gasteiger partial charge < -0.3 is 10.2 Å². The quantitative estimate of drug-likeness (QED) is 0.765. The topological polar surface area (TPSA) is 43.7 Å². The maximum atomic E-state index is 9.78. The van der Waals surface area contributed by atoms with E-state index in [0.717, 1.165) is 19.4 Å². The number of rotatable bonds is 3. The summed E-state index contributed by atoms with van der Waals surface area (Å²) in [6, 6.07) is 1.10. The van der Waals surface area contributed by atoms with E-state index in [0.29, 0.717) is 12.1 Å². The van der Waals surface area contributed by atoms with Crippen LogP contribution in [0.3, 0.4) is 0 Å². The van der Waals surface area contributed by atoms with E-state index in [1.54, 1.807) is 0 Å². The van der Waals surface area contributed by atoms with Crippen LogP contribution >= 0.6 is 0 Å². The molecule has 94 valence electrons. The predicted octanol–water partition coefficient (Wildman–Crippen LogP) is 1.38. The maximum absolute atomic E-state index is 9.78. The number of aliphatic hydroxyl groups is 2. The molecule has 2 fully saturated rings. The van der Waals surface area contributed by atoms with Crippen molar-refractivity contribution in [3.05, 3.63) is 0 Å². The number of fused-ring (bicyclic) bond motifs is 2. The highest BCUT2D eigenvalue weighted by molar-refractivity contribution is 4.97. The number of hydrogen-bond donors (Lipinski definition) is 2. The van der Waals surface area contributed by atoms with Gasteiger partial charge in [-0.15, -0.1) is 0 Å². The van der Waals surface area contributed by atoms with Gasteiger partial charge in [-0.05, 0) is 32.6 Å². The molecule has 3 unspecified atom stereocenters. The van der Waals surface area contributed by atoms with Crippen LogP contribution in [0.15, 0.2) is 0 Å². The number of nitrogens with zero attached hydrogens (tertiary/aromatic N) is 1. The zero-order valence-electron chi connectivity index (χ0n) is 10.7. The van der Waals surface area contributed by atoms with E-state index in [1.165, 1.54) is 12.8 Å². The Morgan fingerprint density at radius 1 is 1.25 bits per heavy atom. The van der Waals surface area contributed by atoms with E-state index < -0.39 is 0 Å². The minimum absolute atomic E-state index is 0.0524. The molecule has 2 N–H and O–H groups in total. The molecule has 3 nitrogen and oxygen atoms in total. The molecule has 2 bridgehead atoms. The average molecular weight is 227 g/mol. The molecule has 2 aliphatic heterocycles. The molecule has 0 radical (unpaired) electrons. The lowest BCUT2D eigenvalue weighted by molar-refractivity contribution is -0.0179. The van der Waals surface area contributed by atoms with Gasteiger partial charge in [0.05, 0.1) is 12.2 Å². The van der Waals surface area contributed by atoms with Gasteiger partial charge >= 0.3 is 0 Å². The summed E-state index contributed by atoms with van der Waals surface area (Å²) in [6.45, 7) is 7.08. The Morgan fingerprint density at radius 2 is 1.75 bits per heavy atom. The van der Waals surface area contributed by atoms with Crippen molar-refractivity contribution in [1.29, 1.82) is 0 Å². The largest absolute Gasteiger partial charge is 0.393 e. The Hall–Kier alpha value is -0.120. The lowest BCUT2D eigenvalue weighted by atomic mass is 9.85. The van der Waals surface area contributed by atoms with Gasteiger partial charge in [0, 0.05) is 24.0 Å². The molecule has 0 aromatic carbocycles. The van der Waals surface area contributed by atoms with Gasteiger partial charge in [0.1, 0.15) is 0 Å². The molecule has 0 aromatic heterocycles. The maximum Gasteiger partial charge on any atom is 0.0575 e. The van der Waals surface area contributed by atoms with E-state index in [9.17, 15) is 10.2 Å². The smallest absolute Gasteiger partial charge is 0.0575 e. The van der Waals surface area contributed by atoms with Gasteiger partial charge in [0.15, 0.2) is 0 Å². The summed E-state index contributed by atoms with van der Waals surface area (Å²) in [7, 11) is 0. The fourth-order valence-electron chi connectivity index (χ4n) is 3.11. The first kappa shape index (κ1) is 12.3. The summed E-state index contributed by atoms with van der Waals surface area (Å²) in [5.74, 6) is 0. The van der Waals surface area contributed by atoms with Crippen molar-refractivity contribution in [3.8, 4) is 0 Å². The average Bonchev–Trinajstić information content (AvgIpc) is 2.43. The highest BCUT2D eigenvalue weighted by Crippen LogP contribution is 2.38. The fraction of sp³-hybridized carbons (Fsp3) is 1.00. The third-order valence-corrected chi connectivity index (χ3v) is 4.58. The van der Waals surface area contributed by atoms with E-state index in [-0.39, 0.29) is 17.6 Å². The molecule has 3 heteroatoms. The van der Waals surface area contributed by atoms with Crippen molar-refractivity contribution in [2.75, 3.05) is 6.54 Å². The normalized spacial score (nSPS) is 37.7. The summed E-state index contributed by atoms with van der Waals surface area (Å²) in [5.41, 5.74) is -0.0524. The minimum atomic E-state index is -0.279. The first-order valence-corrected chi connectivity index (χ1v) is 6.52. The van der Waals surface area contributed by atoms with Crippen LogP contribution in [-0.4, -0.2) is 45.9 Å². The summed E-state index contributed by atoms with van der Waals surface area (Å²) in [5, 5.41) is 19.5. The molecular formula is C13H25NO2. The highest BCUT2D eigenvalue weighted by Gasteiger charge is 2.42. The molecule has 0 aromatic rings. The van der Waals surface area contributed by atoms with Crippen molar-refractivity contribution in [2.45, 2.75) is 70.7 Å². The van der Waals surface area contributed by atoms with Crippen LogP contribution in [0.1, 0.15) is 46.5 Å². The number of piperidine rings is 1. The van der Waals surface area contributed by atoms with Gasteiger partial charge in [-0.3, -0.25) is 4.90 Å². The lowest BCUT2D eigenvalue weighted by Crippen LogP contribution is -2.50. The van der Waals surface area contributed by atoms with Crippen molar-refractivity contribution in [3.63, 3.8) is 0 Å². The SMILES string of the molecule is CC(O)C(C)(C)CN1C2CCC1CC(O)C2. The Morgan fingerprint density at radius 3 is 2.19 bits per heavy atom. The molecule has 2 aliphatic rings. The van der Waals surface area contributed by atoms with Crippen LogP contribution in [-0.2, 0) is 0 Å². The second-order valence-corrected chi connectivity index (χ2v) is 6.35. The molecule has 0 aliphatic carbocycles. The van der Waals surface area contributed by atoms with Gasteiger partial charge in [-0.2, -0.15) is 0 Å². The van der Waals surface area contributed by atoms with E-state index >= 15 is 0 Å². The summed E-state index contributed by atoms with van der Waals surface area (Å²) in [6.07, 6.45) is 3.91. The first-order valence-electron chi connectivity index (χ1n) is 6.52. The fourth-order valence-corrected chi connectivity index (χ4v) is 3.11. The third-order valence-electron chi connectivity index (χ3n) is 4.58. The monoisotopic (exact) mass is 227 g/mol. The standard InChI is InChI=1S/C13H25NO2/c1-9(15)13(2,3)8-14-10-4-5-11(14)7-12(16)6-10/h9-12,15-16H,4-8H2,1-3H3. The highest BCUT2D eigenvalue weighted by atomic mass is 16.3. The van der Waals surface area contributed by atoms with Gasteiger partial charge in [-0.25, -0.2) is 0 Å². The van der Waals surface area contributed by atoms with Crippen LogP contribution in [0.4, 0.5) is 0 Å². The molecule has 3 atom stereocenters. The Bertz CT molecular complexity index is 238. The lowest BCUT2D eigenvalue weighted by Gasteiger charge is -2.42. The molecule has 16 heavy (non-hydrogen) atoms. The first-order chi connectivity index (χ1) is 7.40. The summed E-state index contributed by atoms with van der Waals surface area (Å²) in [4.78, 5) is 2.53. The molecule has 0 saturated carbocycles. The molecule has 0 spiro atoms. The zero-order chi connectivity index (χ0) is 11.9. The van der Waals surface area contributed by atoms with Gasteiger partial charge in [-0.1, -0.05) is 13.8 Å². The van der Waals surface area contributed by atoms with Crippen LogP contribution < -0.4 is 0 Å². The zero-order valence-corrected chi connectivity index (χ0v) is 10.7. The molecule has 0 amide bonds. The van der Waals surface area contributed by atoms with Crippen molar-refractivity contribution in [1.82, 2.24) is 4.90 Å². The predicted molar refractivity (Wildman–Crippen MR) is 64.2 cm³/mol. The van der Waals surface area contributed by atoms with Gasteiger partial charge in [0.2, 0.25) is 0 Å². The van der Waals surface area contributed by atoms with Crippen molar-refractivity contribution < 1.29 is 10.2 Å². The third kappa shape index (κ3) is 2.27. The van der Waals surface area contributed by atoms with Crippen molar-refractivity contribution in [2.24, 2.45) is 5.41 Å². The molecular weight excluding hydrogens is 202 g/mol. The second kappa shape index (κ2) is 4.28. The summed E-state index contributed by atoms with van der Waals surface area (Å²) >= 11 is 0. The van der Waals surface area contributed by atoms with Crippen LogP contribution in [0.25, 0.3) is 0 Å². The second-order valence-electron chi connectivity index (χ2n) is 6.35. The van der Waals surface area contributed by atoms with E-state index in [1.807, 2.05) is 6.92 Å². The van der Waals surface area contributed by atoms with E-state index in [2.05, 4.69) is 18.7 Å². The minimum Gasteiger partial charge on any atom is -0.393 e. The van der Waals surface area contributed by atoms with Crippen LogP contribution in [0.2, 0.25) is 0 Å². The van der Waals surface area contributed by atoms with Gasteiger partial charge in [0.25, 0.3) is 0 Å². The summed E-state index contributed by atoms with van der Waals surface area (Å²) < 4.78 is 0. The number of aliphatic hydroxyl groups excluding tert-OH is 2. The van der Waals surface area contributed by atoms with E-state index in [4.69, 9.17) is 0 Å². The molecule has 2 saturated heterocycles. The van der Waals surface area contributed by atoms with Crippen molar-refractivity contribution >= 4 is 0 Å². The van der Waals surface area contributed by atoms with Crippen LogP contribution in [0.5, 0.6) is 0 Å².